The zero-order chi connectivity index (χ0) is 18.7. The van der Waals surface area contributed by atoms with Crippen LogP contribution < -0.4 is 0 Å². The molecule has 0 spiro atoms. The van der Waals surface area contributed by atoms with Gasteiger partial charge in [0.15, 0.2) is 0 Å². The van der Waals surface area contributed by atoms with E-state index >= 15 is 0 Å². The van der Waals surface area contributed by atoms with Crippen LogP contribution in [0.25, 0.3) is 22.0 Å². The third-order valence-electron chi connectivity index (χ3n) is 4.31. The Labute approximate surface area is 154 Å². The molecule has 26 heavy (non-hydrogen) atoms. The van der Waals surface area contributed by atoms with E-state index in [4.69, 9.17) is 4.74 Å². The second-order valence-electron chi connectivity index (χ2n) is 7.74. The van der Waals surface area contributed by atoms with Gasteiger partial charge in [-0.05, 0) is 30.7 Å². The number of rotatable bonds is 7. The molecule has 3 aromatic rings. The van der Waals surface area contributed by atoms with Gasteiger partial charge in [0, 0.05) is 43.6 Å². The molecule has 0 radical (unpaired) electrons. The standard InChI is InChI=1S/C19H26N4O2Si/c1-14-20-9-18(10-21-14)15-7-16-11-22-23(19(16)17(8-15)12-24)13-25-5-6-26(2,3)4/h7-11,24H,5-6,12-13H2,1-4H3. The molecule has 0 unspecified atom stereocenters. The van der Waals surface area contributed by atoms with Crippen LogP contribution in [0.5, 0.6) is 0 Å². The summed E-state index contributed by atoms with van der Waals surface area (Å²) in [4.78, 5) is 8.51. The largest absolute Gasteiger partial charge is 0.392 e. The predicted octanol–water partition coefficient (Wildman–Crippen LogP) is 3.61. The Bertz CT molecular complexity index is 885. The van der Waals surface area contributed by atoms with E-state index in [0.717, 1.165) is 46.1 Å². The highest BCUT2D eigenvalue weighted by Crippen LogP contribution is 2.27. The van der Waals surface area contributed by atoms with Crippen LogP contribution in [0.3, 0.4) is 0 Å². The molecule has 0 bridgehead atoms. The number of aromatic nitrogens is 4. The minimum atomic E-state index is -1.11. The molecule has 1 N–H and O–H groups in total. The number of aryl methyl sites for hydroxylation is 1. The summed E-state index contributed by atoms with van der Waals surface area (Å²) in [5.74, 6) is 0.737. The number of hydrogen-bond acceptors (Lipinski definition) is 5. The molecule has 0 fully saturated rings. The van der Waals surface area contributed by atoms with Crippen LogP contribution in [0.15, 0.2) is 30.7 Å². The van der Waals surface area contributed by atoms with Crippen molar-refractivity contribution in [3.63, 3.8) is 0 Å². The molecule has 7 heteroatoms. The summed E-state index contributed by atoms with van der Waals surface area (Å²) >= 11 is 0. The highest BCUT2D eigenvalue weighted by atomic mass is 28.3. The van der Waals surface area contributed by atoms with Gasteiger partial charge in [-0.1, -0.05) is 19.6 Å². The maximum Gasteiger partial charge on any atom is 0.140 e. The van der Waals surface area contributed by atoms with E-state index in [1.165, 1.54) is 0 Å². The maximum absolute atomic E-state index is 9.86. The topological polar surface area (TPSA) is 73.1 Å². The number of fused-ring (bicyclic) bond motifs is 1. The first kappa shape index (κ1) is 18.7. The van der Waals surface area contributed by atoms with Gasteiger partial charge in [0.2, 0.25) is 0 Å². The van der Waals surface area contributed by atoms with Gasteiger partial charge < -0.3 is 9.84 Å². The van der Waals surface area contributed by atoms with E-state index in [2.05, 4.69) is 34.7 Å². The molecule has 0 atom stereocenters. The summed E-state index contributed by atoms with van der Waals surface area (Å²) in [6, 6.07) is 5.14. The SMILES string of the molecule is Cc1ncc(-c2cc(CO)c3c(cnn3COCC[Si](C)(C)C)c2)cn1. The monoisotopic (exact) mass is 370 g/mol. The lowest BCUT2D eigenvalue weighted by Crippen LogP contribution is -2.22. The third-order valence-corrected chi connectivity index (χ3v) is 6.01. The van der Waals surface area contributed by atoms with Crippen LogP contribution in [0.1, 0.15) is 11.4 Å². The molecule has 0 aliphatic rings. The summed E-state index contributed by atoms with van der Waals surface area (Å²) in [5.41, 5.74) is 3.63. The summed E-state index contributed by atoms with van der Waals surface area (Å²) in [5, 5.41) is 15.3. The van der Waals surface area contributed by atoms with Gasteiger partial charge in [0.1, 0.15) is 12.6 Å². The van der Waals surface area contributed by atoms with Crippen molar-refractivity contribution in [2.75, 3.05) is 6.61 Å². The Morgan fingerprint density at radius 2 is 1.81 bits per heavy atom. The smallest absolute Gasteiger partial charge is 0.140 e. The molecule has 0 aliphatic carbocycles. The van der Waals surface area contributed by atoms with Crippen LogP contribution in [-0.2, 0) is 18.1 Å². The molecular weight excluding hydrogens is 344 g/mol. The van der Waals surface area contributed by atoms with Gasteiger partial charge in [-0.2, -0.15) is 5.10 Å². The summed E-state index contributed by atoms with van der Waals surface area (Å²) in [6.45, 7) is 9.94. The van der Waals surface area contributed by atoms with Crippen LogP contribution >= 0.6 is 0 Å². The molecule has 2 aromatic heterocycles. The lowest BCUT2D eigenvalue weighted by Gasteiger charge is -2.15. The van der Waals surface area contributed by atoms with Crippen molar-refractivity contribution in [2.45, 2.75) is 45.9 Å². The summed E-state index contributed by atoms with van der Waals surface area (Å²) in [6.07, 6.45) is 5.41. The summed E-state index contributed by atoms with van der Waals surface area (Å²) < 4.78 is 7.64. The minimum absolute atomic E-state index is 0.0579. The molecule has 0 saturated carbocycles. The Morgan fingerprint density at radius 1 is 1.08 bits per heavy atom. The molecule has 2 heterocycles. The summed E-state index contributed by atoms with van der Waals surface area (Å²) in [7, 11) is -1.11. The number of aliphatic hydroxyl groups is 1. The number of benzene rings is 1. The van der Waals surface area contributed by atoms with Crippen molar-refractivity contribution >= 4 is 19.0 Å². The zero-order valence-electron chi connectivity index (χ0n) is 15.9. The number of nitrogens with zero attached hydrogens (tertiary/aromatic N) is 4. The van der Waals surface area contributed by atoms with Crippen molar-refractivity contribution in [3.05, 3.63) is 42.1 Å². The maximum atomic E-state index is 9.86. The van der Waals surface area contributed by atoms with Gasteiger partial charge >= 0.3 is 0 Å². The van der Waals surface area contributed by atoms with Crippen molar-refractivity contribution in [3.8, 4) is 11.1 Å². The fraction of sp³-hybridized carbons (Fsp3) is 0.421. The lowest BCUT2D eigenvalue weighted by molar-refractivity contribution is 0.0814. The van der Waals surface area contributed by atoms with Gasteiger partial charge in [-0.3, -0.25) is 0 Å². The van der Waals surface area contributed by atoms with Gasteiger partial charge in [-0.25, -0.2) is 14.6 Å². The normalized spacial score (nSPS) is 12.0. The van der Waals surface area contributed by atoms with Gasteiger partial charge in [-0.15, -0.1) is 0 Å². The zero-order valence-corrected chi connectivity index (χ0v) is 16.9. The Morgan fingerprint density at radius 3 is 2.46 bits per heavy atom. The van der Waals surface area contributed by atoms with Crippen LogP contribution in [0.2, 0.25) is 25.7 Å². The van der Waals surface area contributed by atoms with Crippen molar-refractivity contribution in [1.82, 2.24) is 19.7 Å². The molecule has 1 aromatic carbocycles. The molecule has 0 aliphatic heterocycles. The quantitative estimate of drug-likeness (QED) is 0.508. The van der Waals surface area contributed by atoms with Crippen molar-refractivity contribution in [1.29, 1.82) is 0 Å². The minimum Gasteiger partial charge on any atom is -0.392 e. The average Bonchev–Trinajstić information content (AvgIpc) is 3.01. The van der Waals surface area contributed by atoms with E-state index in [1.807, 2.05) is 29.9 Å². The van der Waals surface area contributed by atoms with E-state index in [-0.39, 0.29) is 6.61 Å². The number of aliphatic hydroxyl groups excluding tert-OH is 1. The second-order valence-corrected chi connectivity index (χ2v) is 13.4. The van der Waals surface area contributed by atoms with Crippen LogP contribution in [0.4, 0.5) is 0 Å². The molecular formula is C19H26N4O2Si. The number of ether oxygens (including phenoxy) is 1. The van der Waals surface area contributed by atoms with E-state index in [9.17, 15) is 5.11 Å². The molecule has 0 saturated heterocycles. The fourth-order valence-corrected chi connectivity index (χ4v) is 3.53. The highest BCUT2D eigenvalue weighted by Gasteiger charge is 2.14. The first-order valence-electron chi connectivity index (χ1n) is 8.83. The molecule has 3 rings (SSSR count). The molecule has 0 amide bonds. The van der Waals surface area contributed by atoms with Crippen LogP contribution in [0, 0.1) is 6.92 Å². The fourth-order valence-electron chi connectivity index (χ4n) is 2.78. The van der Waals surface area contributed by atoms with Gasteiger partial charge in [0.05, 0.1) is 18.3 Å². The molecule has 138 valence electrons. The Balaban J connectivity index is 1.85. The van der Waals surface area contributed by atoms with E-state index < -0.39 is 8.07 Å². The first-order valence-corrected chi connectivity index (χ1v) is 12.5. The predicted molar refractivity (Wildman–Crippen MR) is 106 cm³/mol. The Hall–Kier alpha value is -2.09. The van der Waals surface area contributed by atoms with Crippen LogP contribution in [-0.4, -0.2) is 39.5 Å². The molecule has 6 nitrogen and oxygen atoms in total. The lowest BCUT2D eigenvalue weighted by atomic mass is 10.0. The van der Waals surface area contributed by atoms with Crippen molar-refractivity contribution in [2.24, 2.45) is 0 Å². The van der Waals surface area contributed by atoms with E-state index in [0.29, 0.717) is 6.73 Å². The Kier molecular flexibility index (Phi) is 5.50. The third kappa shape index (κ3) is 4.35. The number of hydrogen-bond donors (Lipinski definition) is 1. The second kappa shape index (κ2) is 7.65. The highest BCUT2D eigenvalue weighted by molar-refractivity contribution is 6.76. The van der Waals surface area contributed by atoms with E-state index in [1.54, 1.807) is 12.4 Å². The average molecular weight is 371 g/mol. The first-order chi connectivity index (χ1) is 12.4. The van der Waals surface area contributed by atoms with Crippen molar-refractivity contribution < 1.29 is 9.84 Å². The van der Waals surface area contributed by atoms with Gasteiger partial charge in [0.25, 0.3) is 0 Å².